The summed E-state index contributed by atoms with van der Waals surface area (Å²) < 4.78 is 1.94. The number of rotatable bonds is 5. The van der Waals surface area contributed by atoms with E-state index in [1.54, 1.807) is 0 Å². The van der Waals surface area contributed by atoms with E-state index in [4.69, 9.17) is 0 Å². The fourth-order valence-electron chi connectivity index (χ4n) is 4.97. The highest BCUT2D eigenvalue weighted by Gasteiger charge is 2.30. The summed E-state index contributed by atoms with van der Waals surface area (Å²) in [5, 5.41) is 4.58. The van der Waals surface area contributed by atoms with Crippen molar-refractivity contribution in [2.75, 3.05) is 6.54 Å². The normalized spacial score (nSPS) is 21.1. The monoisotopic (exact) mass is 391 g/mol. The Labute approximate surface area is 174 Å². The second-order valence-corrected chi connectivity index (χ2v) is 8.85. The molecule has 2 aromatic rings. The Morgan fingerprint density at radius 2 is 1.97 bits per heavy atom. The van der Waals surface area contributed by atoms with Crippen LogP contribution in [0.3, 0.4) is 0 Å². The number of aromatic nitrogens is 2. The molecule has 2 aliphatic carbocycles. The van der Waals surface area contributed by atoms with Crippen LogP contribution in [0.4, 0.5) is 0 Å². The molecule has 0 unspecified atom stereocenters. The summed E-state index contributed by atoms with van der Waals surface area (Å²) in [6.07, 6.45) is 10.8. The van der Waals surface area contributed by atoms with Crippen molar-refractivity contribution in [2.24, 2.45) is 18.9 Å². The molecule has 4 heteroatoms. The summed E-state index contributed by atoms with van der Waals surface area (Å²) in [5.74, 6) is 0.995. The third-order valence-corrected chi connectivity index (χ3v) is 6.87. The van der Waals surface area contributed by atoms with Crippen molar-refractivity contribution in [1.29, 1.82) is 0 Å². The quantitative estimate of drug-likeness (QED) is 0.703. The molecule has 29 heavy (non-hydrogen) atoms. The number of aryl methyl sites for hydroxylation is 3. The summed E-state index contributed by atoms with van der Waals surface area (Å²) >= 11 is 0. The van der Waals surface area contributed by atoms with E-state index in [1.165, 1.54) is 23.1 Å². The molecule has 0 aliphatic heterocycles. The first-order chi connectivity index (χ1) is 14.0. The maximum atomic E-state index is 13.7. The molecule has 0 radical (unpaired) electrons. The molecule has 0 saturated heterocycles. The van der Waals surface area contributed by atoms with Gasteiger partial charge >= 0.3 is 0 Å². The average molecular weight is 392 g/mol. The number of allylic oxidation sites excluding steroid dienone is 2. The van der Waals surface area contributed by atoms with E-state index in [-0.39, 0.29) is 5.92 Å². The molecule has 4 nitrogen and oxygen atoms in total. The minimum absolute atomic E-state index is 0.0984. The van der Waals surface area contributed by atoms with Gasteiger partial charge in [-0.25, -0.2) is 0 Å². The van der Waals surface area contributed by atoms with Crippen LogP contribution in [0.2, 0.25) is 0 Å². The molecular formula is C25H33N3O. The third kappa shape index (κ3) is 4.31. The van der Waals surface area contributed by atoms with E-state index in [1.807, 2.05) is 11.7 Å². The standard InChI is InChI=1S/C25H33N3O/c1-18-24(19(2)27(3)26-18)17-28(16-20-9-5-4-6-10-20)25(29)23-14-13-21-11-7-8-12-22(21)15-23/h4-5,7-8,11-12,20,23H,6,9-10,13-17H2,1-3H3/t20-,23-/m0/s1. The van der Waals surface area contributed by atoms with Gasteiger partial charge in [-0.05, 0) is 69.4 Å². The van der Waals surface area contributed by atoms with Gasteiger partial charge < -0.3 is 4.90 Å². The molecule has 1 heterocycles. The van der Waals surface area contributed by atoms with E-state index in [0.29, 0.717) is 18.4 Å². The Balaban J connectivity index is 1.55. The van der Waals surface area contributed by atoms with Gasteiger partial charge in [-0.3, -0.25) is 9.48 Å². The number of carbonyl (C=O) groups is 1. The highest BCUT2D eigenvalue weighted by molar-refractivity contribution is 5.79. The summed E-state index contributed by atoms with van der Waals surface area (Å²) in [6, 6.07) is 8.61. The Hall–Kier alpha value is -2.36. The van der Waals surface area contributed by atoms with Crippen LogP contribution in [0.15, 0.2) is 36.4 Å². The van der Waals surface area contributed by atoms with Gasteiger partial charge in [0.15, 0.2) is 0 Å². The van der Waals surface area contributed by atoms with Crippen LogP contribution < -0.4 is 0 Å². The lowest BCUT2D eigenvalue weighted by Gasteiger charge is -2.33. The molecule has 4 rings (SSSR count). The first kappa shape index (κ1) is 19.9. The molecule has 0 spiro atoms. The summed E-state index contributed by atoms with van der Waals surface area (Å²) in [5.41, 5.74) is 6.19. The van der Waals surface area contributed by atoms with Gasteiger partial charge in [0.25, 0.3) is 0 Å². The fraction of sp³-hybridized carbons (Fsp3) is 0.520. The molecule has 0 bridgehead atoms. The molecule has 2 aliphatic rings. The number of nitrogens with zero attached hydrogens (tertiary/aromatic N) is 3. The van der Waals surface area contributed by atoms with Crippen LogP contribution in [0, 0.1) is 25.7 Å². The number of benzene rings is 1. The molecular weight excluding hydrogens is 358 g/mol. The maximum absolute atomic E-state index is 13.7. The zero-order valence-corrected chi connectivity index (χ0v) is 18.0. The van der Waals surface area contributed by atoms with E-state index in [0.717, 1.165) is 50.0 Å². The molecule has 0 saturated carbocycles. The second-order valence-electron chi connectivity index (χ2n) is 8.85. The van der Waals surface area contributed by atoms with Crippen molar-refractivity contribution in [3.63, 3.8) is 0 Å². The molecule has 0 N–H and O–H groups in total. The van der Waals surface area contributed by atoms with Crippen molar-refractivity contribution >= 4 is 5.91 Å². The average Bonchev–Trinajstić information content (AvgIpc) is 2.99. The van der Waals surface area contributed by atoms with Gasteiger partial charge in [-0.1, -0.05) is 36.4 Å². The Kier molecular flexibility index (Phi) is 5.89. The van der Waals surface area contributed by atoms with Gasteiger partial charge in [0.2, 0.25) is 5.91 Å². The predicted molar refractivity (Wildman–Crippen MR) is 117 cm³/mol. The van der Waals surface area contributed by atoms with Crippen molar-refractivity contribution in [1.82, 2.24) is 14.7 Å². The van der Waals surface area contributed by atoms with E-state index in [9.17, 15) is 4.79 Å². The van der Waals surface area contributed by atoms with Crippen LogP contribution in [0.1, 0.15) is 53.8 Å². The number of amides is 1. The highest BCUT2D eigenvalue weighted by Crippen LogP contribution is 2.29. The topological polar surface area (TPSA) is 38.1 Å². The highest BCUT2D eigenvalue weighted by atomic mass is 16.2. The predicted octanol–water partition coefficient (Wildman–Crippen LogP) is 4.53. The van der Waals surface area contributed by atoms with E-state index < -0.39 is 0 Å². The van der Waals surface area contributed by atoms with Gasteiger partial charge in [-0.15, -0.1) is 0 Å². The zero-order valence-electron chi connectivity index (χ0n) is 18.0. The van der Waals surface area contributed by atoms with Crippen molar-refractivity contribution in [3.05, 3.63) is 64.5 Å². The second kappa shape index (κ2) is 8.56. The van der Waals surface area contributed by atoms with Gasteiger partial charge in [-0.2, -0.15) is 5.10 Å². The Bertz CT molecular complexity index is 911. The van der Waals surface area contributed by atoms with Crippen LogP contribution in [-0.2, 0) is 31.2 Å². The van der Waals surface area contributed by atoms with Gasteiger partial charge in [0, 0.05) is 37.3 Å². The molecule has 0 fully saturated rings. The number of hydrogen-bond acceptors (Lipinski definition) is 2. The van der Waals surface area contributed by atoms with E-state index in [2.05, 4.69) is 60.3 Å². The molecule has 1 aromatic heterocycles. The summed E-state index contributed by atoms with van der Waals surface area (Å²) in [4.78, 5) is 15.8. The lowest BCUT2D eigenvalue weighted by molar-refractivity contribution is -0.137. The minimum atomic E-state index is 0.0984. The van der Waals surface area contributed by atoms with E-state index >= 15 is 0 Å². The Morgan fingerprint density at radius 3 is 2.66 bits per heavy atom. The van der Waals surface area contributed by atoms with Crippen LogP contribution in [-0.4, -0.2) is 27.1 Å². The number of fused-ring (bicyclic) bond motifs is 1. The van der Waals surface area contributed by atoms with Crippen LogP contribution >= 0.6 is 0 Å². The van der Waals surface area contributed by atoms with Crippen molar-refractivity contribution in [3.8, 4) is 0 Å². The van der Waals surface area contributed by atoms with Crippen LogP contribution in [0.25, 0.3) is 0 Å². The van der Waals surface area contributed by atoms with Crippen LogP contribution in [0.5, 0.6) is 0 Å². The van der Waals surface area contributed by atoms with Gasteiger partial charge in [0.1, 0.15) is 0 Å². The lowest BCUT2D eigenvalue weighted by atomic mass is 9.83. The SMILES string of the molecule is Cc1nn(C)c(C)c1CN(C[C@H]1CC=CCC1)C(=O)[C@H]1CCc2ccccc2C1. The summed E-state index contributed by atoms with van der Waals surface area (Å²) in [6.45, 7) is 5.71. The Morgan fingerprint density at radius 1 is 1.17 bits per heavy atom. The summed E-state index contributed by atoms with van der Waals surface area (Å²) in [7, 11) is 1.99. The molecule has 154 valence electrons. The van der Waals surface area contributed by atoms with Crippen molar-refractivity contribution < 1.29 is 4.79 Å². The lowest BCUT2D eigenvalue weighted by Crippen LogP contribution is -2.41. The maximum Gasteiger partial charge on any atom is 0.226 e. The molecule has 1 amide bonds. The van der Waals surface area contributed by atoms with Crippen molar-refractivity contribution in [2.45, 2.75) is 58.9 Å². The zero-order chi connectivity index (χ0) is 20.4. The fourth-order valence-corrected chi connectivity index (χ4v) is 4.97. The third-order valence-electron chi connectivity index (χ3n) is 6.87. The molecule has 1 aromatic carbocycles. The number of hydrogen-bond donors (Lipinski definition) is 0. The first-order valence-electron chi connectivity index (χ1n) is 11.0. The minimum Gasteiger partial charge on any atom is -0.338 e. The number of carbonyl (C=O) groups excluding carboxylic acids is 1. The largest absolute Gasteiger partial charge is 0.338 e. The first-order valence-corrected chi connectivity index (χ1v) is 11.0. The molecule has 2 atom stereocenters. The van der Waals surface area contributed by atoms with Gasteiger partial charge in [0.05, 0.1) is 5.69 Å². The smallest absolute Gasteiger partial charge is 0.226 e.